The number of nitrogens with one attached hydrogen (secondary N) is 1. The third-order valence-electron chi connectivity index (χ3n) is 9.81. The number of allylic oxidation sites excluding steroid dienone is 4. The number of likely N-dealkylation sites (tertiary alicyclic amines) is 1. The zero-order valence-corrected chi connectivity index (χ0v) is 29.1. The van der Waals surface area contributed by atoms with E-state index in [1.807, 2.05) is 0 Å². The number of nitrogens with zero attached hydrogens (tertiary/aromatic N) is 2. The highest BCUT2D eigenvalue weighted by atomic mass is 15.1. The Hall–Kier alpha value is -3.66. The van der Waals surface area contributed by atoms with Crippen molar-refractivity contribution in [3.63, 3.8) is 0 Å². The summed E-state index contributed by atoms with van der Waals surface area (Å²) >= 11 is 0. The van der Waals surface area contributed by atoms with Gasteiger partial charge < -0.3 is 15.1 Å². The minimum atomic E-state index is 0.354. The molecule has 244 valence electrons. The summed E-state index contributed by atoms with van der Waals surface area (Å²) in [6.07, 6.45) is 13.3. The van der Waals surface area contributed by atoms with Crippen molar-refractivity contribution in [3.8, 4) is 0 Å². The number of rotatable bonds is 16. The summed E-state index contributed by atoms with van der Waals surface area (Å²) < 4.78 is 0. The van der Waals surface area contributed by atoms with E-state index in [1.165, 1.54) is 40.7 Å². The van der Waals surface area contributed by atoms with Crippen LogP contribution in [0.25, 0.3) is 5.70 Å². The fraction of sp³-hybridized carbons (Fsp3) is 0.395. The van der Waals surface area contributed by atoms with Crippen LogP contribution in [0, 0.1) is 18.8 Å². The van der Waals surface area contributed by atoms with Crippen molar-refractivity contribution in [3.05, 3.63) is 150 Å². The van der Waals surface area contributed by atoms with Gasteiger partial charge in [-0.1, -0.05) is 130 Å². The number of aryl methyl sites for hydroxylation is 1. The van der Waals surface area contributed by atoms with Crippen molar-refractivity contribution in [2.75, 3.05) is 40.3 Å². The standard InChI is InChI=1S/C43H57N3/c1-8-33(2)17-15-16-18-35(4)43(45(6)7)31-44-36(5)41-30-38(24-23-34(41)3)29-37-25-27-46(28-26-37)32-42(39-19-11-9-12-20-39)40-21-13-10-14-22-40/h9-24,30,35,37,42-44H,2,5,8,25-29,31-32H2,1,3-4,6-7H3/b17-15-,18-16-. The number of likely N-dealkylation sites (N-methyl/N-ethyl adjacent to an activating group) is 1. The Morgan fingerprint density at radius 3 is 2.15 bits per heavy atom. The fourth-order valence-corrected chi connectivity index (χ4v) is 6.70. The van der Waals surface area contributed by atoms with Crippen LogP contribution in [0.2, 0.25) is 0 Å². The quantitative estimate of drug-likeness (QED) is 0.162. The topological polar surface area (TPSA) is 18.5 Å². The van der Waals surface area contributed by atoms with E-state index in [0.29, 0.717) is 23.8 Å². The average Bonchev–Trinajstić information content (AvgIpc) is 3.07. The molecule has 2 unspecified atom stereocenters. The summed E-state index contributed by atoms with van der Waals surface area (Å²) in [7, 11) is 4.32. The highest BCUT2D eigenvalue weighted by Crippen LogP contribution is 2.29. The van der Waals surface area contributed by atoms with E-state index in [9.17, 15) is 0 Å². The summed E-state index contributed by atoms with van der Waals surface area (Å²) in [5.74, 6) is 1.52. The molecule has 3 nitrogen and oxygen atoms in total. The summed E-state index contributed by atoms with van der Waals surface area (Å²) in [5, 5.41) is 3.69. The van der Waals surface area contributed by atoms with Crippen molar-refractivity contribution in [1.29, 1.82) is 0 Å². The van der Waals surface area contributed by atoms with Gasteiger partial charge in [-0.3, -0.25) is 0 Å². The first-order valence-electron chi connectivity index (χ1n) is 17.3. The molecule has 0 aromatic heterocycles. The second-order valence-electron chi connectivity index (χ2n) is 13.5. The van der Waals surface area contributed by atoms with Crippen LogP contribution in [0.3, 0.4) is 0 Å². The van der Waals surface area contributed by atoms with E-state index in [2.05, 4.69) is 166 Å². The van der Waals surface area contributed by atoms with E-state index in [0.717, 1.165) is 50.3 Å². The second kappa shape index (κ2) is 17.9. The van der Waals surface area contributed by atoms with Crippen LogP contribution in [0.4, 0.5) is 0 Å². The number of piperidine rings is 1. The lowest BCUT2D eigenvalue weighted by Gasteiger charge is -2.35. The van der Waals surface area contributed by atoms with Gasteiger partial charge in [0, 0.05) is 36.3 Å². The van der Waals surface area contributed by atoms with Crippen LogP contribution < -0.4 is 5.32 Å². The Morgan fingerprint density at radius 1 is 0.935 bits per heavy atom. The van der Waals surface area contributed by atoms with Gasteiger partial charge in [0.2, 0.25) is 0 Å². The molecule has 0 bridgehead atoms. The van der Waals surface area contributed by atoms with E-state index < -0.39 is 0 Å². The zero-order chi connectivity index (χ0) is 32.9. The van der Waals surface area contributed by atoms with E-state index >= 15 is 0 Å². The van der Waals surface area contributed by atoms with Crippen molar-refractivity contribution in [2.45, 2.75) is 58.4 Å². The van der Waals surface area contributed by atoms with Gasteiger partial charge >= 0.3 is 0 Å². The molecule has 1 aliphatic heterocycles. The molecule has 4 rings (SSSR count). The minimum Gasteiger partial charge on any atom is -0.383 e. The number of hydrogen-bond acceptors (Lipinski definition) is 3. The highest BCUT2D eigenvalue weighted by molar-refractivity contribution is 5.65. The highest BCUT2D eigenvalue weighted by Gasteiger charge is 2.24. The van der Waals surface area contributed by atoms with Gasteiger partial charge in [-0.2, -0.15) is 0 Å². The van der Waals surface area contributed by atoms with Crippen molar-refractivity contribution < 1.29 is 0 Å². The first-order valence-corrected chi connectivity index (χ1v) is 17.3. The second-order valence-corrected chi connectivity index (χ2v) is 13.5. The maximum Gasteiger partial charge on any atom is 0.0344 e. The molecule has 1 fully saturated rings. The molecule has 0 spiro atoms. The molecule has 1 heterocycles. The molecule has 0 aliphatic carbocycles. The maximum atomic E-state index is 4.48. The van der Waals surface area contributed by atoms with Gasteiger partial charge in [0.15, 0.2) is 0 Å². The summed E-state index contributed by atoms with van der Waals surface area (Å²) in [6.45, 7) is 19.4. The monoisotopic (exact) mass is 615 g/mol. The van der Waals surface area contributed by atoms with Crippen LogP contribution >= 0.6 is 0 Å². The van der Waals surface area contributed by atoms with Crippen LogP contribution in [-0.2, 0) is 6.42 Å². The molecule has 1 aliphatic rings. The van der Waals surface area contributed by atoms with Crippen LogP contribution in [0.1, 0.15) is 66.8 Å². The Bertz CT molecular complexity index is 1390. The lowest BCUT2D eigenvalue weighted by molar-refractivity contribution is 0.179. The Labute approximate surface area is 280 Å². The first kappa shape index (κ1) is 35.2. The van der Waals surface area contributed by atoms with E-state index in [-0.39, 0.29) is 0 Å². The SMILES string of the molecule is C=C(/C=C\C=C/C(C)C(CNC(=C)c1cc(CC2CCN(CC(c3ccccc3)c3ccccc3)CC2)ccc1C)N(C)C)CC. The predicted molar refractivity (Wildman–Crippen MR) is 200 cm³/mol. The molecule has 2 atom stereocenters. The van der Waals surface area contributed by atoms with E-state index in [1.54, 1.807) is 0 Å². The molecule has 0 amide bonds. The normalized spacial score (nSPS) is 16.0. The lowest BCUT2D eigenvalue weighted by atomic mass is 9.87. The predicted octanol–water partition coefficient (Wildman–Crippen LogP) is 9.29. The zero-order valence-electron chi connectivity index (χ0n) is 29.1. The molecule has 0 saturated carbocycles. The molecule has 3 aromatic carbocycles. The average molecular weight is 616 g/mol. The van der Waals surface area contributed by atoms with Gasteiger partial charge in [0.25, 0.3) is 0 Å². The largest absolute Gasteiger partial charge is 0.383 e. The molecule has 3 aromatic rings. The first-order chi connectivity index (χ1) is 22.2. The summed E-state index contributed by atoms with van der Waals surface area (Å²) in [4.78, 5) is 4.99. The molecule has 0 radical (unpaired) electrons. The number of benzene rings is 3. The fourth-order valence-electron chi connectivity index (χ4n) is 6.70. The van der Waals surface area contributed by atoms with Crippen LogP contribution in [0.15, 0.2) is 122 Å². The van der Waals surface area contributed by atoms with E-state index in [4.69, 9.17) is 0 Å². The molecular formula is C43H57N3. The van der Waals surface area contributed by atoms with Gasteiger partial charge in [-0.05, 0) is 99.9 Å². The van der Waals surface area contributed by atoms with Crippen molar-refractivity contribution >= 4 is 5.70 Å². The molecule has 1 N–H and O–H groups in total. The molecule has 3 heteroatoms. The summed E-state index contributed by atoms with van der Waals surface area (Å²) in [5.41, 5.74) is 8.93. The van der Waals surface area contributed by atoms with Gasteiger partial charge in [0.05, 0.1) is 0 Å². The third-order valence-corrected chi connectivity index (χ3v) is 9.81. The lowest BCUT2D eigenvalue weighted by Crippen LogP contribution is -2.41. The van der Waals surface area contributed by atoms with Crippen molar-refractivity contribution in [2.24, 2.45) is 11.8 Å². The van der Waals surface area contributed by atoms with Crippen molar-refractivity contribution in [1.82, 2.24) is 15.1 Å². The molecule has 46 heavy (non-hydrogen) atoms. The van der Waals surface area contributed by atoms with Crippen LogP contribution in [-0.4, -0.2) is 56.1 Å². The molecular weight excluding hydrogens is 558 g/mol. The Kier molecular flexibility index (Phi) is 13.7. The number of hydrogen-bond donors (Lipinski definition) is 1. The van der Waals surface area contributed by atoms with Gasteiger partial charge in [-0.25, -0.2) is 0 Å². The maximum absolute atomic E-state index is 4.48. The van der Waals surface area contributed by atoms with Gasteiger partial charge in [0.1, 0.15) is 0 Å². The Balaban J connectivity index is 1.31. The summed E-state index contributed by atoms with van der Waals surface area (Å²) in [6, 6.07) is 29.4. The third kappa shape index (κ3) is 10.4. The minimum absolute atomic E-state index is 0.354. The van der Waals surface area contributed by atoms with Crippen LogP contribution in [0.5, 0.6) is 0 Å². The smallest absolute Gasteiger partial charge is 0.0344 e. The molecule has 1 saturated heterocycles. The Morgan fingerprint density at radius 2 is 1.57 bits per heavy atom. The van der Waals surface area contributed by atoms with Gasteiger partial charge in [-0.15, -0.1) is 0 Å².